The summed E-state index contributed by atoms with van der Waals surface area (Å²) >= 11 is 0. The van der Waals surface area contributed by atoms with Crippen molar-refractivity contribution in [2.24, 2.45) is 0 Å². The second kappa shape index (κ2) is 8.53. The Balaban J connectivity index is 2.18. The van der Waals surface area contributed by atoms with Gasteiger partial charge in [0.25, 0.3) is 0 Å². The molecule has 0 spiro atoms. The predicted molar refractivity (Wildman–Crippen MR) is 75.2 cm³/mol. The number of aliphatic hydroxyl groups excluding tert-OH is 1. The smallest absolute Gasteiger partial charge is 0.220 e. The molecule has 0 saturated carbocycles. The summed E-state index contributed by atoms with van der Waals surface area (Å²) < 4.78 is 5.57. The quantitative estimate of drug-likeness (QED) is 0.707. The third kappa shape index (κ3) is 6.25. The van der Waals surface area contributed by atoms with E-state index in [0.29, 0.717) is 19.4 Å². The van der Waals surface area contributed by atoms with E-state index in [0.717, 1.165) is 17.7 Å². The fraction of sp³-hybridized carbons (Fsp3) is 0.533. The van der Waals surface area contributed by atoms with Crippen molar-refractivity contribution in [2.75, 3.05) is 13.2 Å². The van der Waals surface area contributed by atoms with Crippen molar-refractivity contribution in [3.63, 3.8) is 0 Å². The number of amides is 1. The minimum Gasteiger partial charge on any atom is -0.494 e. The van der Waals surface area contributed by atoms with Gasteiger partial charge in [-0.05, 0) is 37.5 Å². The van der Waals surface area contributed by atoms with Crippen LogP contribution in [0.2, 0.25) is 0 Å². The normalized spacial score (nSPS) is 11.9. The molecule has 0 fully saturated rings. The maximum absolute atomic E-state index is 11.6. The fourth-order valence-corrected chi connectivity index (χ4v) is 1.70. The van der Waals surface area contributed by atoms with Gasteiger partial charge in [-0.2, -0.15) is 0 Å². The molecule has 1 rings (SSSR count). The molecule has 1 atom stereocenters. The van der Waals surface area contributed by atoms with Gasteiger partial charge < -0.3 is 15.2 Å². The van der Waals surface area contributed by atoms with E-state index >= 15 is 0 Å². The van der Waals surface area contributed by atoms with Gasteiger partial charge in [0.15, 0.2) is 0 Å². The van der Waals surface area contributed by atoms with Gasteiger partial charge in [-0.1, -0.05) is 19.1 Å². The van der Waals surface area contributed by atoms with Crippen molar-refractivity contribution in [3.8, 4) is 5.75 Å². The van der Waals surface area contributed by atoms with Gasteiger partial charge in [0, 0.05) is 6.42 Å². The number of aliphatic hydroxyl groups is 1. The van der Waals surface area contributed by atoms with Crippen LogP contribution >= 0.6 is 0 Å². The van der Waals surface area contributed by atoms with E-state index in [1.165, 1.54) is 0 Å². The van der Waals surface area contributed by atoms with Gasteiger partial charge in [0.2, 0.25) is 5.91 Å². The Hall–Kier alpha value is -1.55. The van der Waals surface area contributed by atoms with Gasteiger partial charge in [-0.15, -0.1) is 0 Å². The van der Waals surface area contributed by atoms with Crippen LogP contribution in [0.25, 0.3) is 0 Å². The lowest BCUT2D eigenvalue weighted by molar-refractivity contribution is -0.122. The van der Waals surface area contributed by atoms with E-state index in [1.807, 2.05) is 38.1 Å². The van der Waals surface area contributed by atoms with E-state index in [4.69, 9.17) is 9.84 Å². The molecule has 0 aliphatic rings. The Morgan fingerprint density at radius 3 is 2.89 bits per heavy atom. The van der Waals surface area contributed by atoms with Crippen LogP contribution in [0.1, 0.15) is 31.7 Å². The monoisotopic (exact) mass is 265 g/mol. The zero-order valence-corrected chi connectivity index (χ0v) is 11.7. The van der Waals surface area contributed by atoms with Crippen LogP contribution in [0.15, 0.2) is 24.3 Å². The first kappa shape index (κ1) is 15.5. The van der Waals surface area contributed by atoms with Crippen LogP contribution in [0.3, 0.4) is 0 Å². The molecule has 0 unspecified atom stereocenters. The molecule has 0 aliphatic heterocycles. The van der Waals surface area contributed by atoms with Crippen LogP contribution in [0.4, 0.5) is 0 Å². The van der Waals surface area contributed by atoms with Crippen molar-refractivity contribution in [3.05, 3.63) is 29.8 Å². The lowest BCUT2D eigenvalue weighted by Gasteiger charge is -2.13. The molecule has 1 amide bonds. The van der Waals surface area contributed by atoms with E-state index in [-0.39, 0.29) is 18.6 Å². The number of hydrogen-bond donors (Lipinski definition) is 2. The summed E-state index contributed by atoms with van der Waals surface area (Å²) in [5.41, 5.74) is 1.16. The van der Waals surface area contributed by atoms with E-state index in [9.17, 15) is 4.79 Å². The zero-order chi connectivity index (χ0) is 14.1. The molecule has 106 valence electrons. The van der Waals surface area contributed by atoms with Gasteiger partial charge in [-0.3, -0.25) is 4.79 Å². The number of rotatable bonds is 8. The second-order valence-electron chi connectivity index (χ2n) is 4.62. The minimum absolute atomic E-state index is 0.0119. The average molecular weight is 265 g/mol. The number of ether oxygens (including phenoxy) is 1. The van der Waals surface area contributed by atoms with Crippen molar-refractivity contribution >= 4 is 5.91 Å². The standard InChI is InChI=1S/C15H23NO3/c1-3-13(11-17)16-15(18)8-5-9-19-14-7-4-6-12(2)10-14/h4,6-7,10,13,17H,3,5,8-9,11H2,1-2H3,(H,16,18)/t13-/m1/s1. The van der Waals surface area contributed by atoms with Crippen LogP contribution in [-0.4, -0.2) is 30.3 Å². The fourth-order valence-electron chi connectivity index (χ4n) is 1.70. The number of carbonyl (C=O) groups is 1. The maximum atomic E-state index is 11.6. The lowest BCUT2D eigenvalue weighted by Crippen LogP contribution is -2.36. The van der Waals surface area contributed by atoms with Crippen molar-refractivity contribution in [1.29, 1.82) is 0 Å². The van der Waals surface area contributed by atoms with E-state index in [2.05, 4.69) is 5.32 Å². The average Bonchev–Trinajstić information content (AvgIpc) is 2.41. The van der Waals surface area contributed by atoms with E-state index in [1.54, 1.807) is 0 Å². The SMILES string of the molecule is CC[C@H](CO)NC(=O)CCCOc1cccc(C)c1. The number of benzene rings is 1. The first-order chi connectivity index (χ1) is 9.15. The highest BCUT2D eigenvalue weighted by Gasteiger charge is 2.08. The Bertz CT molecular complexity index is 389. The number of aryl methyl sites for hydroxylation is 1. The zero-order valence-electron chi connectivity index (χ0n) is 11.7. The summed E-state index contributed by atoms with van der Waals surface area (Å²) in [6.45, 7) is 4.46. The number of hydrogen-bond acceptors (Lipinski definition) is 3. The molecular weight excluding hydrogens is 242 g/mol. The third-order valence-electron chi connectivity index (χ3n) is 2.88. The molecule has 4 heteroatoms. The Labute approximate surface area is 114 Å². The summed E-state index contributed by atoms with van der Waals surface area (Å²) in [6, 6.07) is 7.71. The lowest BCUT2D eigenvalue weighted by atomic mass is 10.2. The molecule has 0 radical (unpaired) electrons. The number of nitrogens with one attached hydrogen (secondary N) is 1. The Morgan fingerprint density at radius 2 is 2.26 bits per heavy atom. The molecule has 2 N–H and O–H groups in total. The number of carbonyl (C=O) groups excluding carboxylic acids is 1. The molecule has 0 saturated heterocycles. The van der Waals surface area contributed by atoms with Crippen molar-refractivity contribution in [1.82, 2.24) is 5.32 Å². The van der Waals surface area contributed by atoms with Crippen molar-refractivity contribution < 1.29 is 14.6 Å². The first-order valence-corrected chi connectivity index (χ1v) is 6.75. The molecular formula is C15H23NO3. The van der Waals surface area contributed by atoms with Crippen LogP contribution in [0, 0.1) is 6.92 Å². The summed E-state index contributed by atoms with van der Waals surface area (Å²) in [5.74, 6) is 0.802. The first-order valence-electron chi connectivity index (χ1n) is 6.75. The molecule has 0 aliphatic carbocycles. The van der Waals surface area contributed by atoms with Crippen LogP contribution in [0.5, 0.6) is 5.75 Å². The molecule has 0 bridgehead atoms. The topological polar surface area (TPSA) is 58.6 Å². The van der Waals surface area contributed by atoms with Gasteiger partial charge in [0.05, 0.1) is 19.3 Å². The van der Waals surface area contributed by atoms with Crippen LogP contribution < -0.4 is 10.1 Å². The second-order valence-corrected chi connectivity index (χ2v) is 4.62. The highest BCUT2D eigenvalue weighted by atomic mass is 16.5. The molecule has 19 heavy (non-hydrogen) atoms. The molecule has 1 aromatic carbocycles. The summed E-state index contributed by atoms with van der Waals surface area (Å²) in [4.78, 5) is 11.6. The van der Waals surface area contributed by atoms with E-state index < -0.39 is 0 Å². The molecule has 0 heterocycles. The highest BCUT2D eigenvalue weighted by molar-refractivity contribution is 5.76. The predicted octanol–water partition coefficient (Wildman–Crippen LogP) is 2.04. The van der Waals surface area contributed by atoms with Crippen LogP contribution in [-0.2, 0) is 4.79 Å². The summed E-state index contributed by atoms with van der Waals surface area (Å²) in [6.07, 6.45) is 1.83. The minimum atomic E-state index is -0.134. The van der Waals surface area contributed by atoms with Gasteiger partial charge in [-0.25, -0.2) is 0 Å². The highest BCUT2D eigenvalue weighted by Crippen LogP contribution is 2.12. The third-order valence-corrected chi connectivity index (χ3v) is 2.88. The van der Waals surface area contributed by atoms with Gasteiger partial charge in [0.1, 0.15) is 5.75 Å². The molecule has 4 nitrogen and oxygen atoms in total. The maximum Gasteiger partial charge on any atom is 0.220 e. The molecule has 0 aromatic heterocycles. The van der Waals surface area contributed by atoms with Crippen molar-refractivity contribution in [2.45, 2.75) is 39.2 Å². The van der Waals surface area contributed by atoms with Gasteiger partial charge >= 0.3 is 0 Å². The Morgan fingerprint density at radius 1 is 1.47 bits per heavy atom. The summed E-state index contributed by atoms with van der Waals surface area (Å²) in [5, 5.41) is 11.8. The Kier molecular flexibility index (Phi) is 6.97. The molecule has 1 aromatic rings. The summed E-state index contributed by atoms with van der Waals surface area (Å²) in [7, 11) is 0. The largest absolute Gasteiger partial charge is 0.494 e.